The van der Waals surface area contributed by atoms with Crippen LogP contribution < -0.4 is 9.64 Å². The van der Waals surface area contributed by atoms with Gasteiger partial charge in [-0.25, -0.2) is 0 Å². The highest BCUT2D eigenvalue weighted by atomic mass is 16.6. The summed E-state index contributed by atoms with van der Waals surface area (Å²) in [6, 6.07) is 4.86. The zero-order valence-corrected chi connectivity index (χ0v) is 10.2. The number of benzene rings is 1. The molecule has 1 aliphatic rings. The molecule has 98 valence electrons. The van der Waals surface area contributed by atoms with E-state index in [2.05, 4.69) is 4.90 Å². The second-order valence-corrected chi connectivity index (χ2v) is 4.40. The van der Waals surface area contributed by atoms with Crippen molar-refractivity contribution in [1.29, 1.82) is 0 Å². The van der Waals surface area contributed by atoms with E-state index >= 15 is 0 Å². The Balaban J connectivity index is 2.22. The number of aliphatic hydroxyl groups is 1. The van der Waals surface area contributed by atoms with Gasteiger partial charge in [-0.2, -0.15) is 0 Å². The lowest BCUT2D eigenvalue weighted by molar-refractivity contribution is -0.385. The molecule has 1 heterocycles. The van der Waals surface area contributed by atoms with E-state index in [0.717, 1.165) is 25.2 Å². The molecule has 1 unspecified atom stereocenters. The average Bonchev–Trinajstić information content (AvgIpc) is 2.86. The van der Waals surface area contributed by atoms with Gasteiger partial charge in [0.2, 0.25) is 0 Å². The lowest BCUT2D eigenvalue weighted by Gasteiger charge is -2.18. The Morgan fingerprint density at radius 3 is 2.94 bits per heavy atom. The third-order valence-electron chi connectivity index (χ3n) is 3.27. The first-order valence-electron chi connectivity index (χ1n) is 5.84. The third kappa shape index (κ3) is 2.38. The molecular weight excluding hydrogens is 236 g/mol. The Kier molecular flexibility index (Phi) is 3.66. The van der Waals surface area contributed by atoms with Gasteiger partial charge in [-0.3, -0.25) is 10.1 Å². The van der Waals surface area contributed by atoms with Crippen molar-refractivity contribution in [3.8, 4) is 5.75 Å². The Labute approximate surface area is 105 Å². The van der Waals surface area contributed by atoms with Crippen molar-refractivity contribution in [3.63, 3.8) is 0 Å². The number of hydrogen-bond acceptors (Lipinski definition) is 5. The smallest absolute Gasteiger partial charge is 0.311 e. The summed E-state index contributed by atoms with van der Waals surface area (Å²) in [6.45, 7) is 1.81. The van der Waals surface area contributed by atoms with E-state index in [9.17, 15) is 10.1 Å². The van der Waals surface area contributed by atoms with Crippen molar-refractivity contribution in [2.45, 2.75) is 6.42 Å². The summed E-state index contributed by atoms with van der Waals surface area (Å²) in [5.41, 5.74) is 0.868. The highest BCUT2D eigenvalue weighted by molar-refractivity contribution is 5.59. The summed E-state index contributed by atoms with van der Waals surface area (Å²) in [5, 5.41) is 19.9. The lowest BCUT2D eigenvalue weighted by Crippen LogP contribution is -2.20. The van der Waals surface area contributed by atoms with Gasteiger partial charge in [-0.1, -0.05) is 0 Å². The Hall–Kier alpha value is -1.82. The molecule has 0 spiro atoms. The van der Waals surface area contributed by atoms with Crippen LogP contribution in [0.1, 0.15) is 6.42 Å². The molecule has 2 rings (SSSR count). The number of rotatable bonds is 4. The summed E-state index contributed by atoms with van der Waals surface area (Å²) in [5.74, 6) is 0.552. The number of methoxy groups -OCH3 is 1. The molecule has 0 bridgehead atoms. The Bertz CT molecular complexity index is 450. The molecule has 1 N–H and O–H groups in total. The van der Waals surface area contributed by atoms with Crippen molar-refractivity contribution >= 4 is 11.4 Å². The van der Waals surface area contributed by atoms with Gasteiger partial charge >= 0.3 is 5.69 Å². The fraction of sp³-hybridized carbons (Fsp3) is 0.500. The van der Waals surface area contributed by atoms with Crippen LogP contribution in [0, 0.1) is 16.0 Å². The van der Waals surface area contributed by atoms with E-state index in [-0.39, 0.29) is 24.0 Å². The van der Waals surface area contributed by atoms with Gasteiger partial charge in [0.25, 0.3) is 0 Å². The van der Waals surface area contributed by atoms with Gasteiger partial charge < -0.3 is 14.7 Å². The molecule has 0 radical (unpaired) electrons. The molecule has 1 aromatic rings. The van der Waals surface area contributed by atoms with E-state index in [0.29, 0.717) is 0 Å². The average molecular weight is 252 g/mol. The second-order valence-electron chi connectivity index (χ2n) is 4.40. The van der Waals surface area contributed by atoms with E-state index in [1.54, 1.807) is 12.1 Å². The van der Waals surface area contributed by atoms with Crippen molar-refractivity contribution < 1.29 is 14.8 Å². The number of nitrogens with zero attached hydrogens (tertiary/aromatic N) is 2. The van der Waals surface area contributed by atoms with Gasteiger partial charge in [-0.05, 0) is 12.5 Å². The highest BCUT2D eigenvalue weighted by Gasteiger charge is 2.24. The number of anilines is 1. The van der Waals surface area contributed by atoms with E-state index < -0.39 is 4.92 Å². The van der Waals surface area contributed by atoms with E-state index in [1.165, 1.54) is 13.2 Å². The van der Waals surface area contributed by atoms with Crippen LogP contribution in [0.25, 0.3) is 0 Å². The number of hydrogen-bond donors (Lipinski definition) is 1. The van der Waals surface area contributed by atoms with Crippen molar-refractivity contribution in [1.82, 2.24) is 0 Å². The maximum atomic E-state index is 10.8. The standard InChI is InChI=1S/C12H16N2O4/c1-18-12-6-10(2-3-11(12)14(16)17)13-5-4-9(7-13)8-15/h2-3,6,9,15H,4-5,7-8H2,1H3. The molecule has 0 aliphatic carbocycles. The molecule has 6 nitrogen and oxygen atoms in total. The summed E-state index contributed by atoms with van der Waals surface area (Å²) < 4.78 is 5.04. The fourth-order valence-corrected chi connectivity index (χ4v) is 2.23. The zero-order valence-electron chi connectivity index (χ0n) is 10.2. The largest absolute Gasteiger partial charge is 0.490 e. The maximum absolute atomic E-state index is 10.8. The third-order valence-corrected chi connectivity index (χ3v) is 3.27. The van der Waals surface area contributed by atoms with Crippen LogP contribution in [0.5, 0.6) is 5.75 Å². The minimum absolute atomic E-state index is 0.0286. The summed E-state index contributed by atoms with van der Waals surface area (Å²) >= 11 is 0. The number of ether oxygens (including phenoxy) is 1. The van der Waals surface area contributed by atoms with Crippen molar-refractivity contribution in [2.24, 2.45) is 5.92 Å². The molecule has 0 saturated carbocycles. The molecule has 6 heteroatoms. The van der Waals surface area contributed by atoms with Crippen LogP contribution in [-0.2, 0) is 0 Å². The fourth-order valence-electron chi connectivity index (χ4n) is 2.23. The Morgan fingerprint density at radius 1 is 1.61 bits per heavy atom. The predicted molar refractivity (Wildman–Crippen MR) is 67.1 cm³/mol. The first-order chi connectivity index (χ1) is 8.65. The van der Waals surface area contributed by atoms with Crippen LogP contribution in [0.15, 0.2) is 18.2 Å². The lowest BCUT2D eigenvalue weighted by atomic mass is 10.1. The zero-order chi connectivity index (χ0) is 13.1. The van der Waals surface area contributed by atoms with Crippen LogP contribution in [0.4, 0.5) is 11.4 Å². The molecule has 1 saturated heterocycles. The number of nitro benzene ring substituents is 1. The van der Waals surface area contributed by atoms with Gasteiger partial charge in [0, 0.05) is 43.4 Å². The SMILES string of the molecule is COc1cc(N2CCC(CO)C2)ccc1[N+](=O)[O-]. The Morgan fingerprint density at radius 2 is 2.39 bits per heavy atom. The molecule has 0 amide bonds. The summed E-state index contributed by atoms with van der Waals surface area (Å²) in [7, 11) is 1.42. The molecular formula is C12H16N2O4. The maximum Gasteiger partial charge on any atom is 0.311 e. The second kappa shape index (κ2) is 5.22. The van der Waals surface area contributed by atoms with Crippen molar-refractivity contribution in [2.75, 3.05) is 31.7 Å². The van der Waals surface area contributed by atoms with E-state index in [4.69, 9.17) is 9.84 Å². The molecule has 1 aromatic carbocycles. The first kappa shape index (κ1) is 12.6. The normalized spacial score (nSPS) is 19.0. The quantitative estimate of drug-likeness (QED) is 0.648. The van der Waals surface area contributed by atoms with Gasteiger partial charge in [0.15, 0.2) is 5.75 Å². The minimum Gasteiger partial charge on any atom is -0.490 e. The molecule has 1 fully saturated rings. The van der Waals surface area contributed by atoms with E-state index in [1.807, 2.05) is 0 Å². The molecule has 1 aliphatic heterocycles. The molecule has 0 aromatic heterocycles. The first-order valence-corrected chi connectivity index (χ1v) is 5.84. The summed E-state index contributed by atoms with van der Waals surface area (Å²) in [6.07, 6.45) is 0.940. The van der Waals surface area contributed by atoms with Gasteiger partial charge in [-0.15, -0.1) is 0 Å². The highest BCUT2D eigenvalue weighted by Crippen LogP contribution is 2.33. The predicted octanol–water partition coefficient (Wildman–Crippen LogP) is 1.42. The van der Waals surface area contributed by atoms with Gasteiger partial charge in [0.1, 0.15) is 0 Å². The topological polar surface area (TPSA) is 75.8 Å². The number of aliphatic hydroxyl groups excluding tert-OH is 1. The molecule has 1 atom stereocenters. The van der Waals surface area contributed by atoms with Crippen LogP contribution >= 0.6 is 0 Å². The monoisotopic (exact) mass is 252 g/mol. The van der Waals surface area contributed by atoms with Crippen LogP contribution in [0.3, 0.4) is 0 Å². The minimum atomic E-state index is -0.455. The van der Waals surface area contributed by atoms with Crippen LogP contribution in [-0.4, -0.2) is 36.8 Å². The number of nitro groups is 1. The van der Waals surface area contributed by atoms with Crippen LogP contribution in [0.2, 0.25) is 0 Å². The van der Waals surface area contributed by atoms with Gasteiger partial charge in [0.05, 0.1) is 12.0 Å². The molecule has 18 heavy (non-hydrogen) atoms. The van der Waals surface area contributed by atoms with Crippen molar-refractivity contribution in [3.05, 3.63) is 28.3 Å². The summed E-state index contributed by atoms with van der Waals surface area (Å²) in [4.78, 5) is 12.4.